The monoisotopic (exact) mass is 226 g/mol. The number of Topliss-reactive ketones (excluding diaryl/α,β-unsaturated/α-hetero) is 1. The van der Waals surface area contributed by atoms with Crippen molar-refractivity contribution < 1.29 is 4.79 Å². The van der Waals surface area contributed by atoms with E-state index in [-0.39, 0.29) is 11.1 Å². The van der Waals surface area contributed by atoms with Gasteiger partial charge >= 0.3 is 0 Å². The van der Waals surface area contributed by atoms with Gasteiger partial charge < -0.3 is 10.7 Å². The molecule has 0 radical (unpaired) electrons. The van der Waals surface area contributed by atoms with Crippen LogP contribution in [0.1, 0.15) is 17.4 Å². The number of ketones is 1. The van der Waals surface area contributed by atoms with E-state index in [1.807, 2.05) is 0 Å². The second kappa shape index (κ2) is 3.04. The Labute approximate surface area is 96.1 Å². The molecule has 84 valence electrons. The van der Waals surface area contributed by atoms with E-state index in [1.54, 1.807) is 18.3 Å². The largest absolute Gasteiger partial charge is 0.397 e. The topological polar surface area (TPSA) is 95.6 Å². The van der Waals surface area contributed by atoms with E-state index in [0.29, 0.717) is 22.4 Å². The first-order chi connectivity index (χ1) is 8.08. The van der Waals surface area contributed by atoms with E-state index >= 15 is 0 Å². The number of carbonyl (C=O) groups is 1. The summed E-state index contributed by atoms with van der Waals surface area (Å²) >= 11 is 0. The Morgan fingerprint density at radius 2 is 2.24 bits per heavy atom. The first-order valence-corrected chi connectivity index (χ1v) is 5.17. The maximum atomic E-state index is 11.4. The molecule has 0 aliphatic rings. The van der Waals surface area contributed by atoms with Gasteiger partial charge in [0.2, 0.25) is 0 Å². The Bertz CT molecular complexity index is 803. The zero-order valence-corrected chi connectivity index (χ0v) is 9.16. The maximum Gasteiger partial charge on any atom is 0.175 e. The van der Waals surface area contributed by atoms with Gasteiger partial charge in [-0.25, -0.2) is 0 Å². The summed E-state index contributed by atoms with van der Waals surface area (Å²) in [6.07, 6.45) is 1.67. The van der Waals surface area contributed by atoms with E-state index in [0.717, 1.165) is 10.8 Å². The van der Waals surface area contributed by atoms with Gasteiger partial charge in [-0.1, -0.05) is 0 Å². The number of anilines is 1. The third-order valence-electron chi connectivity index (χ3n) is 2.89. The van der Waals surface area contributed by atoms with Crippen LogP contribution >= 0.6 is 0 Å². The fraction of sp³-hybridized carbons (Fsp3) is 0.0833. The van der Waals surface area contributed by atoms with Gasteiger partial charge in [-0.3, -0.25) is 15.2 Å². The lowest BCUT2D eigenvalue weighted by Gasteiger charge is -2.04. The third-order valence-corrected chi connectivity index (χ3v) is 2.89. The van der Waals surface area contributed by atoms with Crippen molar-refractivity contribution in [2.75, 3.05) is 5.73 Å². The van der Waals surface area contributed by atoms with E-state index in [2.05, 4.69) is 9.97 Å². The quantitative estimate of drug-likeness (QED) is 0.432. The Hall–Kier alpha value is -2.43. The normalized spacial score (nSPS) is 11.4. The molecule has 0 aliphatic carbocycles. The lowest BCUT2D eigenvalue weighted by molar-refractivity contribution is 0.101. The summed E-state index contributed by atoms with van der Waals surface area (Å²) in [4.78, 5) is 18.6. The molecule has 4 N–H and O–H groups in total. The highest BCUT2D eigenvalue weighted by atomic mass is 16.1. The van der Waals surface area contributed by atoms with Crippen LogP contribution in [0.2, 0.25) is 0 Å². The molecule has 2 aromatic heterocycles. The van der Waals surface area contributed by atoms with Crippen LogP contribution in [0.25, 0.3) is 21.8 Å². The highest BCUT2D eigenvalue weighted by Crippen LogP contribution is 2.27. The van der Waals surface area contributed by atoms with E-state index in [4.69, 9.17) is 11.1 Å². The van der Waals surface area contributed by atoms with Crippen molar-refractivity contribution in [2.24, 2.45) is 0 Å². The number of nitrogens with two attached hydrogens (primary N) is 1. The van der Waals surface area contributed by atoms with Gasteiger partial charge in [0.05, 0.1) is 27.8 Å². The van der Waals surface area contributed by atoms with Gasteiger partial charge in [0, 0.05) is 23.9 Å². The number of pyridine rings is 1. The second-order valence-electron chi connectivity index (χ2n) is 4.06. The number of nitrogens with one attached hydrogen (secondary N) is 2. The molecule has 5 heteroatoms. The Morgan fingerprint density at radius 1 is 1.47 bits per heavy atom. The first-order valence-electron chi connectivity index (χ1n) is 5.17. The predicted molar refractivity (Wildman–Crippen MR) is 65.1 cm³/mol. The minimum atomic E-state index is -0.0683. The molecule has 0 aliphatic heterocycles. The number of H-pyrrole nitrogens is 1. The number of rotatable bonds is 1. The first kappa shape index (κ1) is 9.77. The summed E-state index contributed by atoms with van der Waals surface area (Å²) < 4.78 is 0. The van der Waals surface area contributed by atoms with E-state index in [1.165, 1.54) is 6.92 Å². The van der Waals surface area contributed by atoms with Crippen molar-refractivity contribution in [3.8, 4) is 0 Å². The molecule has 5 nitrogen and oxygen atoms in total. The number of nitrogens with zero attached hydrogens (tertiary/aromatic N) is 1. The van der Waals surface area contributed by atoms with Crippen molar-refractivity contribution in [3.05, 3.63) is 29.4 Å². The van der Waals surface area contributed by atoms with Crippen LogP contribution in [0, 0.1) is 5.41 Å². The van der Waals surface area contributed by atoms with Gasteiger partial charge in [-0.2, -0.15) is 0 Å². The molecule has 0 bridgehead atoms. The van der Waals surface area contributed by atoms with Crippen molar-refractivity contribution in [1.82, 2.24) is 9.97 Å². The van der Waals surface area contributed by atoms with E-state index < -0.39 is 0 Å². The SMILES string of the molecule is CC(=O)c1cc2cnc3c(N)cc(=N)c([nH]1)c23. The minimum absolute atomic E-state index is 0.0683. The Kier molecular flexibility index (Phi) is 1.75. The van der Waals surface area contributed by atoms with Crippen molar-refractivity contribution in [3.63, 3.8) is 0 Å². The maximum absolute atomic E-state index is 11.4. The summed E-state index contributed by atoms with van der Waals surface area (Å²) in [5, 5.41) is 9.81. The number of nitrogen functional groups attached to an aromatic ring is 1. The minimum Gasteiger partial charge on any atom is -0.397 e. The Morgan fingerprint density at radius 3 is 2.94 bits per heavy atom. The smallest absolute Gasteiger partial charge is 0.175 e. The zero-order chi connectivity index (χ0) is 12.2. The van der Waals surface area contributed by atoms with Crippen LogP contribution < -0.4 is 11.1 Å². The van der Waals surface area contributed by atoms with Crippen LogP contribution in [0.15, 0.2) is 18.3 Å². The molecule has 0 spiro atoms. The fourth-order valence-corrected chi connectivity index (χ4v) is 2.07. The molecule has 2 heterocycles. The molecule has 3 rings (SSSR count). The van der Waals surface area contributed by atoms with Gasteiger partial charge in [0.25, 0.3) is 0 Å². The molecule has 17 heavy (non-hydrogen) atoms. The Balaban J connectivity index is 2.62. The van der Waals surface area contributed by atoms with Gasteiger partial charge in [0.15, 0.2) is 5.78 Å². The highest BCUT2D eigenvalue weighted by Gasteiger charge is 2.12. The standard InChI is InChI=1S/C12H10N4O/c1-5(17)9-2-6-4-15-11-7(13)3-8(14)12(16-9)10(6)11/h2-4,14,16H,13H2,1H3. The number of hydrogen-bond acceptors (Lipinski definition) is 4. The molecular formula is C12H10N4O. The number of carbonyl (C=O) groups excluding carboxylic acids is 1. The molecule has 3 aromatic rings. The summed E-state index contributed by atoms with van der Waals surface area (Å²) in [5.74, 6) is -0.0683. The number of aromatic amines is 1. The summed E-state index contributed by atoms with van der Waals surface area (Å²) in [7, 11) is 0. The number of aromatic nitrogens is 2. The van der Waals surface area contributed by atoms with E-state index in [9.17, 15) is 4.79 Å². The molecule has 1 aromatic carbocycles. The summed E-state index contributed by atoms with van der Waals surface area (Å²) in [6.45, 7) is 1.48. The average molecular weight is 226 g/mol. The lowest BCUT2D eigenvalue weighted by Crippen LogP contribution is -2.07. The van der Waals surface area contributed by atoms with Crippen molar-refractivity contribution >= 4 is 33.3 Å². The molecule has 0 amide bonds. The molecule has 0 atom stereocenters. The highest BCUT2D eigenvalue weighted by molar-refractivity contribution is 6.13. The van der Waals surface area contributed by atoms with Crippen LogP contribution in [0.4, 0.5) is 5.69 Å². The number of benzene rings is 1. The molecule has 0 fully saturated rings. The fourth-order valence-electron chi connectivity index (χ4n) is 2.07. The zero-order valence-electron chi connectivity index (χ0n) is 9.16. The van der Waals surface area contributed by atoms with Crippen LogP contribution in [-0.2, 0) is 0 Å². The molecule has 0 saturated heterocycles. The third kappa shape index (κ3) is 1.22. The van der Waals surface area contributed by atoms with Crippen LogP contribution in [0.5, 0.6) is 0 Å². The van der Waals surface area contributed by atoms with Gasteiger partial charge in [-0.15, -0.1) is 0 Å². The average Bonchev–Trinajstić information content (AvgIpc) is 2.69. The summed E-state index contributed by atoms with van der Waals surface area (Å²) in [6, 6.07) is 3.29. The van der Waals surface area contributed by atoms with Gasteiger partial charge in [0.1, 0.15) is 0 Å². The molecule has 0 unspecified atom stereocenters. The van der Waals surface area contributed by atoms with Crippen molar-refractivity contribution in [2.45, 2.75) is 6.92 Å². The molecular weight excluding hydrogens is 216 g/mol. The van der Waals surface area contributed by atoms with Gasteiger partial charge in [-0.05, 0) is 12.1 Å². The lowest BCUT2D eigenvalue weighted by atomic mass is 10.1. The predicted octanol–water partition coefficient (Wildman–Crippen LogP) is 1.42. The summed E-state index contributed by atoms with van der Waals surface area (Å²) in [5.41, 5.74) is 8.06. The molecule has 0 saturated carbocycles. The van der Waals surface area contributed by atoms with Crippen molar-refractivity contribution in [1.29, 1.82) is 5.41 Å². The second-order valence-corrected chi connectivity index (χ2v) is 4.06. The van der Waals surface area contributed by atoms with Crippen LogP contribution in [-0.4, -0.2) is 15.8 Å². The number of hydrogen-bond donors (Lipinski definition) is 3. The van der Waals surface area contributed by atoms with Crippen LogP contribution in [0.3, 0.4) is 0 Å².